The molecule has 0 aromatic carbocycles. The molecular formula is C13H16N6O3. The number of nitrogens with zero attached hydrogens (tertiary/aromatic N) is 6. The minimum absolute atomic E-state index is 0.123. The van der Waals surface area contributed by atoms with Crippen LogP contribution in [0.15, 0.2) is 18.6 Å². The molecule has 0 saturated carbocycles. The third kappa shape index (κ3) is 2.97. The number of carbonyl (C=O) groups is 1. The first-order chi connectivity index (χ1) is 10.7. The summed E-state index contributed by atoms with van der Waals surface area (Å²) in [5, 5.41) is 7.60. The maximum atomic E-state index is 12.3. The lowest BCUT2D eigenvalue weighted by Crippen LogP contribution is -2.31. The van der Waals surface area contributed by atoms with Crippen LogP contribution in [0.4, 0.5) is 0 Å². The van der Waals surface area contributed by atoms with E-state index in [1.807, 2.05) is 0 Å². The lowest BCUT2D eigenvalue weighted by Gasteiger charge is -2.15. The van der Waals surface area contributed by atoms with Gasteiger partial charge in [0.25, 0.3) is 5.91 Å². The van der Waals surface area contributed by atoms with Crippen LogP contribution in [-0.2, 0) is 7.05 Å². The second-order valence-corrected chi connectivity index (χ2v) is 4.96. The predicted molar refractivity (Wildman–Crippen MR) is 74.5 cm³/mol. The molecule has 22 heavy (non-hydrogen) atoms. The van der Waals surface area contributed by atoms with Gasteiger partial charge in [-0.25, -0.2) is 0 Å². The van der Waals surface area contributed by atoms with Crippen LogP contribution in [0.2, 0.25) is 0 Å². The number of hydrogen-bond acceptors (Lipinski definition) is 7. The minimum atomic E-state index is -0.143. The van der Waals surface area contributed by atoms with E-state index in [1.165, 1.54) is 24.2 Å². The van der Waals surface area contributed by atoms with Gasteiger partial charge in [0, 0.05) is 20.0 Å². The van der Waals surface area contributed by atoms with Crippen LogP contribution in [0, 0.1) is 0 Å². The SMILES string of the molecule is COc1cncc(OC2CCN(C(=O)c3cn(C)nn3)C2)n1. The van der Waals surface area contributed by atoms with Crippen molar-refractivity contribution in [2.24, 2.45) is 7.05 Å². The Morgan fingerprint density at radius 3 is 2.91 bits per heavy atom. The zero-order valence-corrected chi connectivity index (χ0v) is 12.3. The third-order valence-corrected chi connectivity index (χ3v) is 3.34. The maximum absolute atomic E-state index is 12.3. The normalized spacial score (nSPS) is 17.5. The van der Waals surface area contributed by atoms with Crippen molar-refractivity contribution in [1.29, 1.82) is 0 Å². The number of aryl methyl sites for hydroxylation is 1. The van der Waals surface area contributed by atoms with Crippen LogP contribution in [0.5, 0.6) is 11.8 Å². The molecule has 3 heterocycles. The number of methoxy groups -OCH3 is 1. The average molecular weight is 304 g/mol. The Labute approximate surface area is 126 Å². The summed E-state index contributed by atoms with van der Waals surface area (Å²) < 4.78 is 12.3. The van der Waals surface area contributed by atoms with E-state index < -0.39 is 0 Å². The summed E-state index contributed by atoms with van der Waals surface area (Å²) in [6, 6.07) is 0. The van der Waals surface area contributed by atoms with Gasteiger partial charge in [-0.05, 0) is 0 Å². The van der Waals surface area contributed by atoms with Crippen molar-refractivity contribution in [2.75, 3.05) is 20.2 Å². The topological polar surface area (TPSA) is 95.3 Å². The highest BCUT2D eigenvalue weighted by molar-refractivity contribution is 5.92. The molecule has 1 amide bonds. The predicted octanol–water partition coefficient (Wildman–Crippen LogP) is -0.0928. The number of aromatic nitrogens is 5. The van der Waals surface area contributed by atoms with Crippen molar-refractivity contribution in [3.8, 4) is 11.8 Å². The van der Waals surface area contributed by atoms with Crippen molar-refractivity contribution in [3.05, 3.63) is 24.3 Å². The van der Waals surface area contributed by atoms with E-state index in [9.17, 15) is 4.79 Å². The smallest absolute Gasteiger partial charge is 0.276 e. The Kier molecular flexibility index (Phi) is 3.86. The number of hydrogen-bond donors (Lipinski definition) is 0. The van der Waals surface area contributed by atoms with Crippen molar-refractivity contribution in [1.82, 2.24) is 29.9 Å². The average Bonchev–Trinajstić information content (AvgIpc) is 3.16. The van der Waals surface area contributed by atoms with E-state index in [-0.39, 0.29) is 12.0 Å². The summed E-state index contributed by atoms with van der Waals surface area (Å²) in [6.45, 7) is 1.09. The van der Waals surface area contributed by atoms with E-state index in [1.54, 1.807) is 18.1 Å². The summed E-state index contributed by atoms with van der Waals surface area (Å²) in [7, 11) is 3.24. The molecule has 9 nitrogen and oxygen atoms in total. The van der Waals surface area contributed by atoms with Gasteiger partial charge in [0.05, 0.1) is 32.2 Å². The van der Waals surface area contributed by atoms with Crippen LogP contribution in [0.25, 0.3) is 0 Å². The molecule has 9 heteroatoms. The molecule has 1 unspecified atom stereocenters. The second kappa shape index (κ2) is 5.96. The second-order valence-electron chi connectivity index (χ2n) is 4.96. The quantitative estimate of drug-likeness (QED) is 0.778. The fraction of sp³-hybridized carbons (Fsp3) is 0.462. The highest BCUT2D eigenvalue weighted by Crippen LogP contribution is 2.19. The van der Waals surface area contributed by atoms with Gasteiger partial charge in [0.15, 0.2) is 5.69 Å². The number of amides is 1. The monoisotopic (exact) mass is 304 g/mol. The molecule has 1 aliphatic rings. The zero-order valence-electron chi connectivity index (χ0n) is 12.3. The van der Waals surface area contributed by atoms with Crippen LogP contribution in [-0.4, -0.2) is 62.1 Å². The lowest BCUT2D eigenvalue weighted by molar-refractivity contribution is 0.0765. The standard InChI is InChI=1S/C13H16N6O3/c1-18-8-10(16-17-18)13(20)19-4-3-9(7-19)22-12-6-14-5-11(15-12)21-2/h5-6,8-9H,3-4,7H2,1-2H3. The lowest BCUT2D eigenvalue weighted by atomic mass is 10.3. The van der Waals surface area contributed by atoms with Gasteiger partial charge in [-0.2, -0.15) is 4.98 Å². The first-order valence-corrected chi connectivity index (χ1v) is 6.84. The first kappa shape index (κ1) is 14.2. The first-order valence-electron chi connectivity index (χ1n) is 6.84. The molecular weight excluding hydrogens is 288 g/mol. The molecule has 0 spiro atoms. The fourth-order valence-corrected chi connectivity index (χ4v) is 2.27. The molecule has 0 bridgehead atoms. The maximum Gasteiger partial charge on any atom is 0.276 e. The summed E-state index contributed by atoms with van der Waals surface area (Å²) in [5.74, 6) is 0.636. The molecule has 3 rings (SSSR count). The van der Waals surface area contributed by atoms with Gasteiger partial charge in [-0.1, -0.05) is 5.21 Å². The molecule has 0 aliphatic carbocycles. The van der Waals surface area contributed by atoms with Crippen LogP contribution in [0.1, 0.15) is 16.9 Å². The van der Waals surface area contributed by atoms with E-state index in [2.05, 4.69) is 20.3 Å². The summed E-state index contributed by atoms with van der Waals surface area (Å²) in [5.41, 5.74) is 0.337. The third-order valence-electron chi connectivity index (χ3n) is 3.34. The Bertz CT molecular complexity index is 673. The summed E-state index contributed by atoms with van der Waals surface area (Å²) in [6.07, 6.45) is 5.23. The fourth-order valence-electron chi connectivity index (χ4n) is 2.27. The molecule has 2 aromatic rings. The van der Waals surface area contributed by atoms with Crippen molar-refractivity contribution in [2.45, 2.75) is 12.5 Å². The molecule has 116 valence electrons. The number of rotatable bonds is 4. The van der Waals surface area contributed by atoms with Gasteiger partial charge in [0.2, 0.25) is 11.8 Å². The van der Waals surface area contributed by atoms with Gasteiger partial charge in [-0.3, -0.25) is 14.5 Å². The molecule has 2 aromatic heterocycles. The summed E-state index contributed by atoms with van der Waals surface area (Å²) in [4.78, 5) is 22.1. The highest BCUT2D eigenvalue weighted by Gasteiger charge is 2.29. The van der Waals surface area contributed by atoms with E-state index in [0.717, 1.165) is 6.42 Å². The molecule has 0 radical (unpaired) electrons. The molecule has 1 aliphatic heterocycles. The zero-order chi connectivity index (χ0) is 15.5. The van der Waals surface area contributed by atoms with Crippen LogP contribution >= 0.6 is 0 Å². The molecule has 1 fully saturated rings. The van der Waals surface area contributed by atoms with Gasteiger partial charge in [0.1, 0.15) is 6.10 Å². The Morgan fingerprint density at radius 1 is 1.36 bits per heavy atom. The molecule has 0 N–H and O–H groups in total. The minimum Gasteiger partial charge on any atom is -0.480 e. The molecule has 1 atom stereocenters. The highest BCUT2D eigenvalue weighted by atomic mass is 16.5. The number of ether oxygens (including phenoxy) is 2. The van der Waals surface area contributed by atoms with E-state index >= 15 is 0 Å². The summed E-state index contributed by atoms with van der Waals surface area (Å²) >= 11 is 0. The Morgan fingerprint density at radius 2 is 2.18 bits per heavy atom. The van der Waals surface area contributed by atoms with E-state index in [0.29, 0.717) is 30.5 Å². The van der Waals surface area contributed by atoms with Crippen molar-refractivity contribution < 1.29 is 14.3 Å². The molecule has 1 saturated heterocycles. The number of carbonyl (C=O) groups excluding carboxylic acids is 1. The largest absolute Gasteiger partial charge is 0.480 e. The van der Waals surface area contributed by atoms with Gasteiger partial charge >= 0.3 is 0 Å². The Balaban J connectivity index is 1.61. The Hall–Kier alpha value is -2.71. The van der Waals surface area contributed by atoms with Gasteiger partial charge < -0.3 is 14.4 Å². The van der Waals surface area contributed by atoms with Crippen molar-refractivity contribution >= 4 is 5.91 Å². The van der Waals surface area contributed by atoms with Gasteiger partial charge in [-0.15, -0.1) is 5.10 Å². The number of likely N-dealkylation sites (tertiary alicyclic amines) is 1. The van der Waals surface area contributed by atoms with Crippen LogP contribution in [0.3, 0.4) is 0 Å². The van der Waals surface area contributed by atoms with E-state index in [4.69, 9.17) is 9.47 Å². The van der Waals surface area contributed by atoms with Crippen LogP contribution < -0.4 is 9.47 Å². The van der Waals surface area contributed by atoms with Crippen molar-refractivity contribution in [3.63, 3.8) is 0 Å².